The molecule has 0 radical (unpaired) electrons. The van der Waals surface area contributed by atoms with Gasteiger partial charge >= 0.3 is 0 Å². The summed E-state index contributed by atoms with van der Waals surface area (Å²) in [6.07, 6.45) is 4.28. The first-order valence-corrected chi connectivity index (χ1v) is 7.74. The fourth-order valence-corrected chi connectivity index (χ4v) is 3.63. The summed E-state index contributed by atoms with van der Waals surface area (Å²) in [5.41, 5.74) is 3.25. The third kappa shape index (κ3) is 1.97. The van der Waals surface area contributed by atoms with Crippen molar-refractivity contribution in [2.45, 2.75) is 44.6 Å². The Morgan fingerprint density at radius 1 is 1.19 bits per heavy atom. The first-order valence-electron chi connectivity index (χ1n) is 8.74. The fraction of sp³-hybridized carbons (Fsp3) is 0.421. The minimum atomic E-state index is -1.42. The van der Waals surface area contributed by atoms with Gasteiger partial charge in [-0.1, -0.05) is 12.1 Å². The SMILES string of the molecule is [2H]C1([2H])c2ccc(C)c(-c3cccc[n+]3C)c2OC12CCCC2. The number of hydrogen-bond donors (Lipinski definition) is 0. The summed E-state index contributed by atoms with van der Waals surface area (Å²) in [5.74, 6) is 0.749. The molecular weight excluding hydrogens is 258 g/mol. The molecular formula is C19H22NO+. The monoisotopic (exact) mass is 282 g/mol. The molecule has 2 aliphatic rings. The Kier molecular flexibility index (Phi) is 2.37. The van der Waals surface area contributed by atoms with Crippen molar-refractivity contribution in [3.8, 4) is 17.0 Å². The van der Waals surface area contributed by atoms with Crippen LogP contribution in [0.4, 0.5) is 0 Å². The van der Waals surface area contributed by atoms with Crippen molar-refractivity contribution in [1.82, 2.24) is 0 Å². The summed E-state index contributed by atoms with van der Waals surface area (Å²) in [6.45, 7) is 2.07. The van der Waals surface area contributed by atoms with Crippen LogP contribution >= 0.6 is 0 Å². The molecule has 1 aliphatic carbocycles. The standard InChI is InChI=1S/C19H22NO/c1-14-8-9-15-13-19(10-4-5-11-19)21-18(15)17(14)16-7-3-6-12-20(16)2/h3,6-9,12H,4-5,10-11,13H2,1-2H3/q+1/i13D2. The van der Waals surface area contributed by atoms with E-state index in [-0.39, 0.29) is 0 Å². The van der Waals surface area contributed by atoms with Gasteiger partial charge in [0.25, 0.3) is 0 Å². The van der Waals surface area contributed by atoms with Crippen molar-refractivity contribution in [2.24, 2.45) is 7.05 Å². The maximum absolute atomic E-state index is 8.73. The lowest BCUT2D eigenvalue weighted by atomic mass is 9.93. The van der Waals surface area contributed by atoms with Crippen molar-refractivity contribution < 1.29 is 12.0 Å². The highest BCUT2D eigenvalue weighted by molar-refractivity contribution is 5.72. The second-order valence-corrected chi connectivity index (χ2v) is 6.26. The number of aryl methyl sites for hydroxylation is 2. The van der Waals surface area contributed by atoms with Crippen LogP contribution < -0.4 is 9.30 Å². The number of aromatic nitrogens is 1. The molecule has 21 heavy (non-hydrogen) atoms. The van der Waals surface area contributed by atoms with Crippen LogP contribution in [0.25, 0.3) is 11.3 Å². The zero-order valence-electron chi connectivity index (χ0n) is 14.6. The summed E-state index contributed by atoms with van der Waals surface area (Å²) >= 11 is 0. The largest absolute Gasteiger partial charge is 0.486 e. The highest BCUT2D eigenvalue weighted by Gasteiger charge is 2.43. The zero-order chi connectivity index (χ0) is 16.2. The third-order valence-corrected chi connectivity index (χ3v) is 4.75. The first kappa shape index (κ1) is 10.8. The van der Waals surface area contributed by atoms with E-state index in [0.717, 1.165) is 48.3 Å². The minimum Gasteiger partial charge on any atom is -0.486 e. The van der Waals surface area contributed by atoms with Crippen LogP contribution in [-0.2, 0) is 13.4 Å². The number of fused-ring (bicyclic) bond motifs is 1. The van der Waals surface area contributed by atoms with Crippen molar-refractivity contribution in [1.29, 1.82) is 0 Å². The maximum Gasteiger partial charge on any atom is 0.216 e. The zero-order valence-corrected chi connectivity index (χ0v) is 12.6. The van der Waals surface area contributed by atoms with Gasteiger partial charge in [0.2, 0.25) is 5.69 Å². The molecule has 2 nitrogen and oxygen atoms in total. The average Bonchev–Trinajstić information content (AvgIpc) is 3.06. The Labute approximate surface area is 129 Å². The highest BCUT2D eigenvalue weighted by atomic mass is 16.5. The number of pyridine rings is 1. The Morgan fingerprint density at radius 3 is 2.76 bits per heavy atom. The first-order chi connectivity index (χ1) is 11.0. The maximum atomic E-state index is 8.73. The van der Waals surface area contributed by atoms with Crippen LogP contribution in [-0.4, -0.2) is 5.60 Å². The molecule has 4 rings (SSSR count). The second kappa shape index (κ2) is 4.59. The lowest BCUT2D eigenvalue weighted by Crippen LogP contribution is -2.31. The molecule has 1 aromatic carbocycles. The molecule has 1 aliphatic heterocycles. The molecule has 2 heteroatoms. The number of ether oxygens (including phenoxy) is 1. The molecule has 108 valence electrons. The molecule has 1 saturated carbocycles. The summed E-state index contributed by atoms with van der Waals surface area (Å²) in [7, 11) is 2.02. The van der Waals surface area contributed by atoms with Gasteiger partial charge in [0, 0.05) is 21.2 Å². The molecule has 0 atom stereocenters. The molecule has 1 spiro atoms. The summed E-state index contributed by atoms with van der Waals surface area (Å²) < 4.78 is 25.9. The fourth-order valence-electron chi connectivity index (χ4n) is 3.63. The molecule has 0 saturated heterocycles. The van der Waals surface area contributed by atoms with E-state index < -0.39 is 12.0 Å². The third-order valence-electron chi connectivity index (χ3n) is 4.75. The van der Waals surface area contributed by atoms with Gasteiger partial charge in [0.15, 0.2) is 6.20 Å². The highest BCUT2D eigenvalue weighted by Crippen LogP contribution is 2.48. The van der Waals surface area contributed by atoms with Gasteiger partial charge in [-0.25, -0.2) is 4.57 Å². The van der Waals surface area contributed by atoms with E-state index in [0.29, 0.717) is 5.56 Å². The van der Waals surface area contributed by atoms with Crippen molar-refractivity contribution in [2.75, 3.05) is 0 Å². The van der Waals surface area contributed by atoms with E-state index in [4.69, 9.17) is 7.48 Å². The van der Waals surface area contributed by atoms with E-state index >= 15 is 0 Å². The molecule has 0 amide bonds. The average molecular weight is 282 g/mol. The van der Waals surface area contributed by atoms with E-state index in [1.165, 1.54) is 0 Å². The van der Waals surface area contributed by atoms with E-state index in [1.54, 1.807) is 0 Å². The van der Waals surface area contributed by atoms with Gasteiger partial charge in [-0.05, 0) is 49.8 Å². The smallest absolute Gasteiger partial charge is 0.216 e. The van der Waals surface area contributed by atoms with Crippen molar-refractivity contribution >= 4 is 0 Å². The molecule has 1 aromatic heterocycles. The Morgan fingerprint density at radius 2 is 2.00 bits per heavy atom. The van der Waals surface area contributed by atoms with E-state index in [1.807, 2.05) is 37.5 Å². The minimum absolute atomic E-state index is 0.675. The van der Waals surface area contributed by atoms with E-state index in [9.17, 15) is 0 Å². The van der Waals surface area contributed by atoms with Crippen LogP contribution in [0.5, 0.6) is 5.75 Å². The van der Waals surface area contributed by atoms with Gasteiger partial charge in [0.05, 0.1) is 5.56 Å². The topological polar surface area (TPSA) is 13.1 Å². The van der Waals surface area contributed by atoms with Gasteiger partial charge in [0.1, 0.15) is 18.4 Å². The Hall–Kier alpha value is -1.83. The van der Waals surface area contributed by atoms with Crippen LogP contribution in [0, 0.1) is 6.92 Å². The Balaban J connectivity index is 1.96. The molecule has 2 heterocycles. The number of benzene rings is 1. The van der Waals surface area contributed by atoms with Gasteiger partial charge < -0.3 is 4.74 Å². The molecule has 0 unspecified atom stereocenters. The van der Waals surface area contributed by atoms with Crippen molar-refractivity contribution in [3.05, 3.63) is 47.7 Å². The summed E-state index contributed by atoms with van der Waals surface area (Å²) in [4.78, 5) is 0. The van der Waals surface area contributed by atoms with Crippen LogP contribution in [0.2, 0.25) is 0 Å². The van der Waals surface area contributed by atoms with E-state index in [2.05, 4.69) is 17.6 Å². The summed E-state index contributed by atoms with van der Waals surface area (Å²) in [6, 6.07) is 10.0. The normalized spacial score (nSPS) is 22.6. The quantitative estimate of drug-likeness (QED) is 0.726. The van der Waals surface area contributed by atoms with Gasteiger partial charge in [-0.15, -0.1) is 0 Å². The molecule has 0 N–H and O–H groups in total. The van der Waals surface area contributed by atoms with Gasteiger partial charge in [-0.3, -0.25) is 0 Å². The van der Waals surface area contributed by atoms with Gasteiger partial charge in [-0.2, -0.15) is 0 Å². The molecule has 0 bridgehead atoms. The predicted octanol–water partition coefficient (Wildman–Crippen LogP) is 3.73. The number of rotatable bonds is 1. The lowest BCUT2D eigenvalue weighted by molar-refractivity contribution is -0.660. The van der Waals surface area contributed by atoms with Crippen molar-refractivity contribution in [3.63, 3.8) is 0 Å². The predicted molar refractivity (Wildman–Crippen MR) is 83.3 cm³/mol. The molecule has 2 aromatic rings. The van der Waals surface area contributed by atoms with Crippen LogP contribution in [0.3, 0.4) is 0 Å². The number of nitrogens with zero attached hydrogens (tertiary/aromatic N) is 1. The van der Waals surface area contributed by atoms with Crippen LogP contribution in [0.15, 0.2) is 36.5 Å². The van der Waals surface area contributed by atoms with Crippen LogP contribution in [0.1, 0.15) is 39.6 Å². The lowest BCUT2D eigenvalue weighted by Gasteiger charge is -2.23. The summed E-state index contributed by atoms with van der Waals surface area (Å²) in [5, 5.41) is 0. The second-order valence-electron chi connectivity index (χ2n) is 6.26. The number of hydrogen-bond acceptors (Lipinski definition) is 1. The Bertz CT molecular complexity index is 779. The molecule has 1 fully saturated rings.